The SMILES string of the molecule is CCc1cc(C(=O)N2CC(C)(N)C2)n(CC)n1. The molecule has 1 aliphatic heterocycles. The van der Waals surface area contributed by atoms with Crippen LogP contribution in [0.3, 0.4) is 0 Å². The number of hydrogen-bond donors (Lipinski definition) is 1. The monoisotopic (exact) mass is 236 g/mol. The van der Waals surface area contributed by atoms with Crippen molar-refractivity contribution in [1.29, 1.82) is 0 Å². The first-order chi connectivity index (χ1) is 7.96. The summed E-state index contributed by atoms with van der Waals surface area (Å²) in [4.78, 5) is 14.0. The Kier molecular flexibility index (Phi) is 2.95. The predicted molar refractivity (Wildman–Crippen MR) is 65.8 cm³/mol. The van der Waals surface area contributed by atoms with Gasteiger partial charge in [0.25, 0.3) is 5.91 Å². The van der Waals surface area contributed by atoms with E-state index >= 15 is 0 Å². The molecule has 0 bridgehead atoms. The van der Waals surface area contributed by atoms with Crippen molar-refractivity contribution in [2.24, 2.45) is 5.73 Å². The first-order valence-electron chi connectivity index (χ1n) is 6.11. The minimum absolute atomic E-state index is 0.0435. The number of likely N-dealkylation sites (tertiary alicyclic amines) is 1. The van der Waals surface area contributed by atoms with Crippen LogP contribution in [-0.2, 0) is 13.0 Å². The van der Waals surface area contributed by atoms with E-state index in [2.05, 4.69) is 5.10 Å². The van der Waals surface area contributed by atoms with Gasteiger partial charge in [-0.1, -0.05) is 6.92 Å². The van der Waals surface area contributed by atoms with Crippen LogP contribution in [-0.4, -0.2) is 39.2 Å². The molecule has 0 atom stereocenters. The maximum Gasteiger partial charge on any atom is 0.272 e. The molecule has 94 valence electrons. The normalized spacial score (nSPS) is 18.0. The maximum absolute atomic E-state index is 12.2. The summed E-state index contributed by atoms with van der Waals surface area (Å²) in [5.41, 5.74) is 7.34. The summed E-state index contributed by atoms with van der Waals surface area (Å²) in [5.74, 6) is 0.0435. The molecule has 1 fully saturated rings. The highest BCUT2D eigenvalue weighted by Crippen LogP contribution is 2.20. The number of amides is 1. The Morgan fingerprint density at radius 2 is 2.18 bits per heavy atom. The lowest BCUT2D eigenvalue weighted by Crippen LogP contribution is -2.66. The van der Waals surface area contributed by atoms with Gasteiger partial charge in [0, 0.05) is 25.2 Å². The molecule has 1 aromatic rings. The molecule has 5 heteroatoms. The number of carbonyl (C=O) groups excluding carboxylic acids is 1. The van der Waals surface area contributed by atoms with Gasteiger partial charge in [0.05, 0.1) is 5.69 Å². The fourth-order valence-electron chi connectivity index (χ4n) is 2.19. The van der Waals surface area contributed by atoms with Crippen LogP contribution in [0.5, 0.6) is 0 Å². The van der Waals surface area contributed by atoms with E-state index in [0.717, 1.165) is 18.7 Å². The summed E-state index contributed by atoms with van der Waals surface area (Å²) in [6, 6.07) is 1.89. The second-order valence-electron chi connectivity index (χ2n) is 5.01. The smallest absolute Gasteiger partial charge is 0.272 e. The average molecular weight is 236 g/mol. The van der Waals surface area contributed by atoms with Crippen LogP contribution in [0.4, 0.5) is 0 Å². The Labute approximate surface area is 102 Å². The molecule has 0 saturated carbocycles. The van der Waals surface area contributed by atoms with Crippen molar-refractivity contribution in [3.05, 3.63) is 17.5 Å². The zero-order valence-corrected chi connectivity index (χ0v) is 10.7. The zero-order chi connectivity index (χ0) is 12.6. The van der Waals surface area contributed by atoms with E-state index in [-0.39, 0.29) is 11.4 Å². The summed E-state index contributed by atoms with van der Waals surface area (Å²) in [6.45, 7) is 7.97. The standard InChI is InChI=1S/C12H20N4O/c1-4-9-6-10(16(5-2)14-9)11(17)15-7-12(3,13)8-15/h6H,4-5,7-8,13H2,1-3H3. The molecular weight excluding hydrogens is 216 g/mol. The molecule has 2 rings (SSSR count). The second kappa shape index (κ2) is 4.14. The predicted octanol–water partition coefficient (Wildman–Crippen LogP) is 0.639. The van der Waals surface area contributed by atoms with Crippen molar-refractivity contribution in [2.45, 2.75) is 39.3 Å². The minimum atomic E-state index is -0.222. The van der Waals surface area contributed by atoms with Crippen molar-refractivity contribution in [3.8, 4) is 0 Å². The van der Waals surface area contributed by atoms with Crippen molar-refractivity contribution in [2.75, 3.05) is 13.1 Å². The molecule has 2 heterocycles. The Hall–Kier alpha value is -1.36. The van der Waals surface area contributed by atoms with E-state index in [0.29, 0.717) is 18.8 Å². The number of aromatic nitrogens is 2. The zero-order valence-electron chi connectivity index (χ0n) is 10.7. The van der Waals surface area contributed by atoms with Gasteiger partial charge >= 0.3 is 0 Å². The highest BCUT2D eigenvalue weighted by atomic mass is 16.2. The Morgan fingerprint density at radius 3 is 2.65 bits per heavy atom. The van der Waals surface area contributed by atoms with Crippen molar-refractivity contribution < 1.29 is 4.79 Å². The third-order valence-corrected chi connectivity index (χ3v) is 3.10. The lowest BCUT2D eigenvalue weighted by Gasteiger charge is -2.45. The third kappa shape index (κ3) is 2.20. The largest absolute Gasteiger partial charge is 0.334 e. The van der Waals surface area contributed by atoms with Crippen molar-refractivity contribution >= 4 is 5.91 Å². The van der Waals surface area contributed by atoms with Gasteiger partial charge in [-0.25, -0.2) is 0 Å². The fraction of sp³-hybridized carbons (Fsp3) is 0.667. The lowest BCUT2D eigenvalue weighted by molar-refractivity contribution is 0.0441. The van der Waals surface area contributed by atoms with Crippen LogP contribution >= 0.6 is 0 Å². The van der Waals surface area contributed by atoms with Gasteiger partial charge < -0.3 is 10.6 Å². The van der Waals surface area contributed by atoms with E-state index in [1.165, 1.54) is 0 Å². The molecule has 0 unspecified atom stereocenters. The van der Waals surface area contributed by atoms with Gasteiger partial charge in [0.2, 0.25) is 0 Å². The van der Waals surface area contributed by atoms with Crippen LogP contribution in [0.25, 0.3) is 0 Å². The van der Waals surface area contributed by atoms with Gasteiger partial charge in [-0.2, -0.15) is 5.10 Å². The molecule has 2 N–H and O–H groups in total. The van der Waals surface area contributed by atoms with Crippen LogP contribution in [0, 0.1) is 0 Å². The number of hydrogen-bond acceptors (Lipinski definition) is 3. The molecule has 1 aromatic heterocycles. The molecule has 1 aliphatic rings. The van der Waals surface area contributed by atoms with Gasteiger partial charge in [-0.15, -0.1) is 0 Å². The van der Waals surface area contributed by atoms with Gasteiger partial charge in [-0.3, -0.25) is 9.48 Å². The third-order valence-electron chi connectivity index (χ3n) is 3.10. The highest BCUT2D eigenvalue weighted by molar-refractivity contribution is 5.93. The van der Waals surface area contributed by atoms with Gasteiger partial charge in [-0.05, 0) is 26.3 Å². The second-order valence-corrected chi connectivity index (χ2v) is 5.01. The fourth-order valence-corrected chi connectivity index (χ4v) is 2.19. The van der Waals surface area contributed by atoms with E-state index in [9.17, 15) is 4.79 Å². The number of carbonyl (C=O) groups is 1. The number of aryl methyl sites for hydroxylation is 2. The molecular formula is C12H20N4O. The van der Waals surface area contributed by atoms with E-state index < -0.39 is 0 Å². The molecule has 0 radical (unpaired) electrons. The van der Waals surface area contributed by atoms with Crippen molar-refractivity contribution in [3.63, 3.8) is 0 Å². The van der Waals surface area contributed by atoms with E-state index in [1.54, 1.807) is 9.58 Å². The summed E-state index contributed by atoms with van der Waals surface area (Å²) < 4.78 is 1.77. The highest BCUT2D eigenvalue weighted by Gasteiger charge is 2.39. The van der Waals surface area contributed by atoms with E-state index in [4.69, 9.17) is 5.73 Å². The summed E-state index contributed by atoms with van der Waals surface area (Å²) in [7, 11) is 0. The lowest BCUT2D eigenvalue weighted by atomic mass is 9.93. The Bertz CT molecular complexity index is 428. The topological polar surface area (TPSA) is 64.2 Å². The summed E-state index contributed by atoms with van der Waals surface area (Å²) in [5, 5.41) is 4.38. The van der Waals surface area contributed by atoms with E-state index in [1.807, 2.05) is 26.8 Å². The number of rotatable bonds is 3. The molecule has 0 aromatic carbocycles. The number of nitrogens with two attached hydrogens (primary N) is 1. The van der Waals surface area contributed by atoms with Crippen LogP contribution < -0.4 is 5.73 Å². The van der Waals surface area contributed by atoms with Gasteiger partial charge in [0.15, 0.2) is 0 Å². The molecule has 5 nitrogen and oxygen atoms in total. The molecule has 1 saturated heterocycles. The number of nitrogens with zero attached hydrogens (tertiary/aromatic N) is 3. The average Bonchev–Trinajstić information content (AvgIpc) is 2.67. The van der Waals surface area contributed by atoms with Crippen LogP contribution in [0.15, 0.2) is 6.07 Å². The van der Waals surface area contributed by atoms with Crippen LogP contribution in [0.2, 0.25) is 0 Å². The molecule has 17 heavy (non-hydrogen) atoms. The molecule has 0 aliphatic carbocycles. The summed E-state index contributed by atoms with van der Waals surface area (Å²) >= 11 is 0. The first kappa shape index (κ1) is 12.1. The van der Waals surface area contributed by atoms with Crippen molar-refractivity contribution in [1.82, 2.24) is 14.7 Å². The Morgan fingerprint density at radius 1 is 1.53 bits per heavy atom. The Balaban J connectivity index is 2.17. The first-order valence-corrected chi connectivity index (χ1v) is 6.11. The molecule has 0 spiro atoms. The minimum Gasteiger partial charge on any atom is -0.334 e. The van der Waals surface area contributed by atoms with Gasteiger partial charge in [0.1, 0.15) is 5.69 Å². The summed E-state index contributed by atoms with van der Waals surface area (Å²) in [6.07, 6.45) is 0.849. The molecule has 1 amide bonds. The maximum atomic E-state index is 12.2. The van der Waals surface area contributed by atoms with Crippen LogP contribution in [0.1, 0.15) is 37.0 Å². The quantitative estimate of drug-likeness (QED) is 0.837.